The average Bonchev–Trinajstić information content (AvgIpc) is 3.20. The van der Waals surface area contributed by atoms with Crippen molar-refractivity contribution in [1.29, 1.82) is 0 Å². The van der Waals surface area contributed by atoms with Crippen molar-refractivity contribution in [3.63, 3.8) is 0 Å². The molecule has 0 aliphatic rings. The van der Waals surface area contributed by atoms with Crippen LogP contribution in [0.3, 0.4) is 0 Å². The van der Waals surface area contributed by atoms with E-state index in [1.165, 1.54) is 23.5 Å². The molecule has 2 N–H and O–H groups in total. The van der Waals surface area contributed by atoms with Gasteiger partial charge in [0.2, 0.25) is 0 Å². The van der Waals surface area contributed by atoms with Crippen molar-refractivity contribution in [2.75, 3.05) is 11.9 Å². The number of nitrogens with one attached hydrogen (secondary N) is 1. The molecule has 0 radical (unpaired) electrons. The molecule has 6 nitrogen and oxygen atoms in total. The van der Waals surface area contributed by atoms with E-state index < -0.39 is 18.5 Å². The summed E-state index contributed by atoms with van der Waals surface area (Å²) in [6.45, 7) is -0.489. The third kappa shape index (κ3) is 4.50. The molecule has 4 rings (SSSR count). The minimum Gasteiger partial charge on any atom is -0.507 e. The number of benzene rings is 3. The molecule has 0 saturated heterocycles. The van der Waals surface area contributed by atoms with Gasteiger partial charge in [0.05, 0.1) is 5.69 Å². The third-order valence-electron chi connectivity index (χ3n) is 4.29. The maximum absolute atomic E-state index is 12.3. The first-order valence-electron chi connectivity index (χ1n) is 8.90. The van der Waals surface area contributed by atoms with Gasteiger partial charge in [0.25, 0.3) is 5.91 Å². The number of halogens is 1. The SMILES string of the molecule is O=C(COC(=O)c1cc2ccccc2cc1O)Nc1nc(-c2cccc(Br)c2)cs1. The summed E-state index contributed by atoms with van der Waals surface area (Å²) in [4.78, 5) is 28.8. The molecular formula is C22H15BrN2O4S. The van der Waals surface area contributed by atoms with Crippen LogP contribution in [0.25, 0.3) is 22.0 Å². The lowest BCUT2D eigenvalue weighted by atomic mass is 10.1. The van der Waals surface area contributed by atoms with Crippen molar-refractivity contribution in [2.45, 2.75) is 0 Å². The normalized spacial score (nSPS) is 10.7. The number of carbonyl (C=O) groups excluding carboxylic acids is 2. The molecule has 0 aliphatic carbocycles. The lowest BCUT2D eigenvalue weighted by Gasteiger charge is -2.08. The second kappa shape index (κ2) is 8.64. The molecule has 0 fully saturated rings. The number of carbonyl (C=O) groups is 2. The van der Waals surface area contributed by atoms with E-state index in [0.29, 0.717) is 5.13 Å². The van der Waals surface area contributed by atoms with Crippen LogP contribution in [0, 0.1) is 0 Å². The van der Waals surface area contributed by atoms with E-state index in [9.17, 15) is 14.7 Å². The highest BCUT2D eigenvalue weighted by molar-refractivity contribution is 9.10. The van der Waals surface area contributed by atoms with Gasteiger partial charge in [-0.2, -0.15) is 0 Å². The van der Waals surface area contributed by atoms with Gasteiger partial charge in [0.15, 0.2) is 11.7 Å². The molecule has 3 aromatic carbocycles. The number of rotatable bonds is 5. The minimum atomic E-state index is -0.776. The predicted molar refractivity (Wildman–Crippen MR) is 120 cm³/mol. The van der Waals surface area contributed by atoms with Crippen LogP contribution in [0.2, 0.25) is 0 Å². The first kappa shape index (κ1) is 20.1. The van der Waals surface area contributed by atoms with Crippen LogP contribution >= 0.6 is 27.3 Å². The van der Waals surface area contributed by atoms with E-state index >= 15 is 0 Å². The van der Waals surface area contributed by atoms with Gasteiger partial charge in [-0.1, -0.05) is 52.3 Å². The number of hydrogen-bond acceptors (Lipinski definition) is 6. The molecule has 4 aromatic rings. The first-order valence-corrected chi connectivity index (χ1v) is 10.6. The Bertz CT molecular complexity index is 1250. The van der Waals surface area contributed by atoms with Crippen LogP contribution in [0.5, 0.6) is 5.75 Å². The Morgan fingerprint density at radius 2 is 1.83 bits per heavy atom. The van der Waals surface area contributed by atoms with Gasteiger partial charge < -0.3 is 9.84 Å². The zero-order valence-corrected chi connectivity index (χ0v) is 17.9. The van der Waals surface area contributed by atoms with E-state index in [-0.39, 0.29) is 11.3 Å². The Labute approximate surface area is 184 Å². The van der Waals surface area contributed by atoms with Gasteiger partial charge >= 0.3 is 5.97 Å². The van der Waals surface area contributed by atoms with Crippen molar-refractivity contribution in [1.82, 2.24) is 4.98 Å². The standard InChI is InChI=1S/C22H15BrN2O4S/c23-16-7-3-6-15(8-16)18-12-30-22(24-18)25-20(27)11-29-21(28)17-9-13-4-1-2-5-14(13)10-19(17)26/h1-10,12,26H,11H2,(H,24,25,27). The lowest BCUT2D eigenvalue weighted by molar-refractivity contribution is -0.119. The molecule has 0 unspecified atom stereocenters. The van der Waals surface area contributed by atoms with Crippen molar-refractivity contribution >= 4 is 55.0 Å². The molecule has 0 spiro atoms. The molecule has 0 saturated carbocycles. The topological polar surface area (TPSA) is 88.5 Å². The number of thiazole rings is 1. The van der Waals surface area contributed by atoms with Crippen LogP contribution in [0.4, 0.5) is 5.13 Å². The number of anilines is 1. The van der Waals surface area contributed by atoms with E-state index in [4.69, 9.17) is 4.74 Å². The molecule has 8 heteroatoms. The Balaban J connectivity index is 1.38. The Kier molecular flexibility index (Phi) is 5.78. The van der Waals surface area contributed by atoms with Crippen LogP contribution < -0.4 is 5.32 Å². The number of esters is 1. The number of ether oxygens (including phenoxy) is 1. The van der Waals surface area contributed by atoms with Gasteiger partial charge in [-0.05, 0) is 35.0 Å². The number of phenols is 1. The minimum absolute atomic E-state index is 0.00712. The quantitative estimate of drug-likeness (QED) is 0.380. The fourth-order valence-corrected chi connectivity index (χ4v) is 4.00. The third-order valence-corrected chi connectivity index (χ3v) is 5.54. The number of phenolic OH excluding ortho intramolecular Hbond substituents is 1. The van der Waals surface area contributed by atoms with Crippen molar-refractivity contribution in [2.24, 2.45) is 0 Å². The van der Waals surface area contributed by atoms with E-state index in [1.54, 1.807) is 0 Å². The van der Waals surface area contributed by atoms with Crippen LogP contribution in [-0.2, 0) is 9.53 Å². The molecule has 150 valence electrons. The number of amides is 1. The maximum atomic E-state index is 12.3. The number of aromatic hydroxyl groups is 1. The summed E-state index contributed by atoms with van der Waals surface area (Å²) >= 11 is 4.69. The molecule has 1 amide bonds. The van der Waals surface area contributed by atoms with Crippen LogP contribution in [0.15, 0.2) is 70.5 Å². The molecular weight excluding hydrogens is 468 g/mol. The predicted octanol–water partition coefficient (Wildman–Crippen LogP) is 5.23. The van der Waals surface area contributed by atoms with Crippen molar-refractivity contribution in [3.8, 4) is 17.0 Å². The lowest BCUT2D eigenvalue weighted by Crippen LogP contribution is -2.20. The van der Waals surface area contributed by atoms with Crippen molar-refractivity contribution in [3.05, 3.63) is 76.1 Å². The van der Waals surface area contributed by atoms with Crippen molar-refractivity contribution < 1.29 is 19.4 Å². The van der Waals surface area contributed by atoms with Gasteiger partial charge in [-0.15, -0.1) is 11.3 Å². The van der Waals surface area contributed by atoms with E-state index in [0.717, 1.165) is 26.5 Å². The number of fused-ring (bicyclic) bond motifs is 1. The number of aromatic nitrogens is 1. The second-order valence-electron chi connectivity index (χ2n) is 6.39. The van der Waals surface area contributed by atoms with Crippen LogP contribution in [0.1, 0.15) is 10.4 Å². The van der Waals surface area contributed by atoms with Crippen LogP contribution in [-0.4, -0.2) is 28.6 Å². The Morgan fingerprint density at radius 1 is 1.07 bits per heavy atom. The summed E-state index contributed by atoms with van der Waals surface area (Å²) in [5, 5.41) is 16.5. The van der Waals surface area contributed by atoms with Gasteiger partial charge in [-0.3, -0.25) is 10.1 Å². The smallest absolute Gasteiger partial charge is 0.342 e. The number of hydrogen-bond donors (Lipinski definition) is 2. The Morgan fingerprint density at radius 3 is 2.60 bits per heavy atom. The summed E-state index contributed by atoms with van der Waals surface area (Å²) < 4.78 is 5.99. The summed E-state index contributed by atoms with van der Waals surface area (Å²) in [6, 6.07) is 18.0. The summed E-state index contributed by atoms with van der Waals surface area (Å²) in [7, 11) is 0. The summed E-state index contributed by atoms with van der Waals surface area (Å²) in [5.74, 6) is -1.49. The van der Waals surface area contributed by atoms with Gasteiger partial charge in [0.1, 0.15) is 11.3 Å². The summed E-state index contributed by atoms with van der Waals surface area (Å²) in [6.07, 6.45) is 0. The largest absolute Gasteiger partial charge is 0.507 e. The Hall–Kier alpha value is -3.23. The average molecular weight is 483 g/mol. The zero-order valence-electron chi connectivity index (χ0n) is 15.5. The zero-order chi connectivity index (χ0) is 21.1. The van der Waals surface area contributed by atoms with E-state index in [1.807, 2.05) is 53.9 Å². The second-order valence-corrected chi connectivity index (χ2v) is 8.16. The highest BCUT2D eigenvalue weighted by Gasteiger charge is 2.16. The highest BCUT2D eigenvalue weighted by atomic mass is 79.9. The molecule has 1 heterocycles. The monoisotopic (exact) mass is 482 g/mol. The first-order chi connectivity index (χ1) is 14.5. The molecule has 0 bridgehead atoms. The summed E-state index contributed by atoms with van der Waals surface area (Å²) in [5.41, 5.74) is 1.65. The molecule has 1 aromatic heterocycles. The highest BCUT2D eigenvalue weighted by Crippen LogP contribution is 2.27. The van der Waals surface area contributed by atoms with Gasteiger partial charge in [0, 0.05) is 15.4 Å². The van der Waals surface area contributed by atoms with Gasteiger partial charge in [-0.25, -0.2) is 9.78 Å². The molecule has 30 heavy (non-hydrogen) atoms. The fraction of sp³-hybridized carbons (Fsp3) is 0.0455. The number of nitrogens with zero attached hydrogens (tertiary/aromatic N) is 1. The maximum Gasteiger partial charge on any atom is 0.342 e. The van der Waals surface area contributed by atoms with E-state index in [2.05, 4.69) is 26.2 Å². The molecule has 0 aliphatic heterocycles. The molecule has 0 atom stereocenters. The fourth-order valence-electron chi connectivity index (χ4n) is 2.87.